The van der Waals surface area contributed by atoms with Crippen LogP contribution in [0.15, 0.2) is 24.3 Å². The molecule has 1 heterocycles. The van der Waals surface area contributed by atoms with E-state index in [2.05, 4.69) is 5.32 Å². The van der Waals surface area contributed by atoms with Crippen LogP contribution in [-0.2, 0) is 9.59 Å². The molecule has 126 valence electrons. The van der Waals surface area contributed by atoms with Crippen LogP contribution in [0.4, 0.5) is 4.39 Å². The first-order chi connectivity index (χ1) is 10.9. The second-order valence-electron chi connectivity index (χ2n) is 5.77. The zero-order valence-electron chi connectivity index (χ0n) is 13.6. The van der Waals surface area contributed by atoms with Gasteiger partial charge in [-0.2, -0.15) is 0 Å². The molecule has 1 saturated heterocycles. The van der Waals surface area contributed by atoms with E-state index in [0.717, 1.165) is 6.54 Å². The van der Waals surface area contributed by atoms with E-state index in [1.54, 1.807) is 25.1 Å². The molecule has 0 saturated carbocycles. The third kappa shape index (κ3) is 4.45. The van der Waals surface area contributed by atoms with Gasteiger partial charge < -0.3 is 15.1 Å². The number of nitrogens with one attached hydrogen (secondary N) is 1. The monoisotopic (exact) mass is 339 g/mol. The number of nitrogens with zero attached hydrogens (tertiary/aromatic N) is 2. The molecule has 2 unspecified atom stereocenters. The minimum absolute atomic E-state index is 0.0530. The molecule has 0 aliphatic carbocycles. The molecular formula is C16H22FN3O2S. The van der Waals surface area contributed by atoms with Crippen LogP contribution in [0.1, 0.15) is 17.9 Å². The van der Waals surface area contributed by atoms with Crippen molar-refractivity contribution in [2.24, 2.45) is 0 Å². The number of amides is 2. The third-order valence-electron chi connectivity index (χ3n) is 3.61. The van der Waals surface area contributed by atoms with E-state index in [-0.39, 0.29) is 29.4 Å². The number of benzene rings is 1. The van der Waals surface area contributed by atoms with E-state index in [9.17, 15) is 14.0 Å². The van der Waals surface area contributed by atoms with Crippen molar-refractivity contribution in [1.82, 2.24) is 15.1 Å². The van der Waals surface area contributed by atoms with E-state index >= 15 is 0 Å². The average Bonchev–Trinajstić information content (AvgIpc) is 2.75. The van der Waals surface area contributed by atoms with Gasteiger partial charge >= 0.3 is 0 Å². The van der Waals surface area contributed by atoms with Crippen molar-refractivity contribution in [2.75, 3.05) is 33.7 Å². The predicted molar refractivity (Wildman–Crippen MR) is 89.5 cm³/mol. The quantitative estimate of drug-likeness (QED) is 0.853. The first-order valence-electron chi connectivity index (χ1n) is 7.52. The van der Waals surface area contributed by atoms with E-state index in [4.69, 9.17) is 0 Å². The van der Waals surface area contributed by atoms with Crippen molar-refractivity contribution >= 4 is 23.6 Å². The highest BCUT2D eigenvalue weighted by Crippen LogP contribution is 2.43. The maximum Gasteiger partial charge on any atom is 0.239 e. The third-order valence-corrected chi connectivity index (χ3v) is 4.99. The summed E-state index contributed by atoms with van der Waals surface area (Å²) in [5.41, 5.74) is 0.441. The second kappa shape index (κ2) is 7.79. The van der Waals surface area contributed by atoms with Gasteiger partial charge in [-0.3, -0.25) is 9.59 Å². The molecule has 2 atom stereocenters. The molecule has 23 heavy (non-hydrogen) atoms. The molecule has 5 nitrogen and oxygen atoms in total. The van der Waals surface area contributed by atoms with Crippen LogP contribution in [0, 0.1) is 5.82 Å². The standard InChI is InChI=1S/C16H22FN3O2S/c1-11-15(22)20(10-14(21)18-8-9-19(2)3)16(23-11)12-6-4-5-7-13(12)17/h4-7,11,16H,8-10H2,1-3H3,(H,18,21). The van der Waals surface area contributed by atoms with Crippen molar-refractivity contribution < 1.29 is 14.0 Å². The van der Waals surface area contributed by atoms with E-state index < -0.39 is 5.37 Å². The lowest BCUT2D eigenvalue weighted by Crippen LogP contribution is -2.42. The minimum Gasteiger partial charge on any atom is -0.353 e. The van der Waals surface area contributed by atoms with Gasteiger partial charge in [-0.05, 0) is 27.1 Å². The van der Waals surface area contributed by atoms with Gasteiger partial charge in [0.05, 0.1) is 5.25 Å². The molecule has 1 aromatic rings. The summed E-state index contributed by atoms with van der Waals surface area (Å²) >= 11 is 1.37. The van der Waals surface area contributed by atoms with Crippen molar-refractivity contribution in [2.45, 2.75) is 17.5 Å². The number of hydrogen-bond donors (Lipinski definition) is 1. The molecule has 1 N–H and O–H groups in total. The van der Waals surface area contributed by atoms with Crippen LogP contribution in [0.25, 0.3) is 0 Å². The Morgan fingerprint density at radius 2 is 2.09 bits per heavy atom. The van der Waals surface area contributed by atoms with Gasteiger partial charge in [0, 0.05) is 18.7 Å². The van der Waals surface area contributed by atoms with Crippen molar-refractivity contribution in [1.29, 1.82) is 0 Å². The Bertz CT molecular complexity index is 582. The number of carbonyl (C=O) groups excluding carboxylic acids is 2. The lowest BCUT2D eigenvalue weighted by molar-refractivity contribution is -0.135. The Hall–Kier alpha value is -1.60. The van der Waals surface area contributed by atoms with Crippen molar-refractivity contribution in [3.8, 4) is 0 Å². The fourth-order valence-corrected chi connectivity index (χ4v) is 3.68. The summed E-state index contributed by atoms with van der Waals surface area (Å²) in [5, 5.41) is 2.04. The minimum atomic E-state index is -0.460. The molecule has 1 aliphatic rings. The summed E-state index contributed by atoms with van der Waals surface area (Å²) in [7, 11) is 3.84. The van der Waals surface area contributed by atoms with Crippen LogP contribution in [0.5, 0.6) is 0 Å². The molecule has 2 amide bonds. The average molecular weight is 339 g/mol. The molecule has 0 aromatic heterocycles. The van der Waals surface area contributed by atoms with E-state index in [1.807, 2.05) is 19.0 Å². The summed E-state index contributed by atoms with van der Waals surface area (Å²) in [6.07, 6.45) is 0. The Kier molecular flexibility index (Phi) is 6.01. The number of hydrogen-bond acceptors (Lipinski definition) is 4. The highest BCUT2D eigenvalue weighted by Gasteiger charge is 2.40. The van der Waals surface area contributed by atoms with Gasteiger partial charge in [-0.25, -0.2) is 4.39 Å². The van der Waals surface area contributed by atoms with Crippen LogP contribution >= 0.6 is 11.8 Å². The van der Waals surface area contributed by atoms with Crippen LogP contribution in [-0.4, -0.2) is 60.6 Å². The summed E-state index contributed by atoms with van der Waals surface area (Å²) in [6.45, 7) is 2.97. The van der Waals surface area contributed by atoms with Crippen LogP contribution < -0.4 is 5.32 Å². The number of rotatable bonds is 6. The molecule has 0 radical (unpaired) electrons. The SMILES string of the molecule is CC1SC(c2ccccc2F)N(CC(=O)NCCN(C)C)C1=O. The molecular weight excluding hydrogens is 317 g/mol. The Morgan fingerprint density at radius 1 is 1.39 bits per heavy atom. The lowest BCUT2D eigenvalue weighted by atomic mass is 10.2. The second-order valence-corrected chi connectivity index (χ2v) is 7.20. The Morgan fingerprint density at radius 3 is 2.74 bits per heavy atom. The van der Waals surface area contributed by atoms with Gasteiger partial charge in [0.25, 0.3) is 0 Å². The first kappa shape index (κ1) is 17.7. The van der Waals surface area contributed by atoms with Gasteiger partial charge in [-0.1, -0.05) is 18.2 Å². The lowest BCUT2D eigenvalue weighted by Gasteiger charge is -2.24. The molecule has 1 aromatic carbocycles. The molecule has 2 rings (SSSR count). The summed E-state index contributed by atoms with van der Waals surface area (Å²) < 4.78 is 14.0. The zero-order chi connectivity index (χ0) is 17.0. The van der Waals surface area contributed by atoms with Gasteiger partial charge in [0.15, 0.2) is 0 Å². The molecule has 0 spiro atoms. The zero-order valence-corrected chi connectivity index (χ0v) is 14.4. The van der Waals surface area contributed by atoms with Crippen molar-refractivity contribution in [3.05, 3.63) is 35.6 Å². The molecule has 1 fully saturated rings. The number of likely N-dealkylation sites (N-methyl/N-ethyl adjacent to an activating group) is 1. The number of thioether (sulfide) groups is 1. The van der Waals surface area contributed by atoms with Gasteiger partial charge in [0.1, 0.15) is 17.7 Å². The first-order valence-corrected chi connectivity index (χ1v) is 8.46. The van der Waals surface area contributed by atoms with E-state index in [0.29, 0.717) is 12.1 Å². The predicted octanol–water partition coefficient (Wildman–Crippen LogP) is 1.47. The van der Waals surface area contributed by atoms with Crippen LogP contribution in [0.3, 0.4) is 0 Å². The van der Waals surface area contributed by atoms with Crippen molar-refractivity contribution in [3.63, 3.8) is 0 Å². The largest absolute Gasteiger partial charge is 0.353 e. The fraction of sp³-hybridized carbons (Fsp3) is 0.500. The van der Waals surface area contributed by atoms with Gasteiger partial charge in [-0.15, -0.1) is 11.8 Å². The summed E-state index contributed by atoms with van der Waals surface area (Å²) in [5.74, 6) is -0.716. The smallest absolute Gasteiger partial charge is 0.239 e. The molecule has 7 heteroatoms. The van der Waals surface area contributed by atoms with Crippen LogP contribution in [0.2, 0.25) is 0 Å². The molecule has 1 aliphatic heterocycles. The summed E-state index contributed by atoms with van der Waals surface area (Å²) in [6, 6.07) is 6.39. The maximum atomic E-state index is 14.0. The number of carbonyl (C=O) groups is 2. The normalized spacial score (nSPS) is 21.1. The highest BCUT2D eigenvalue weighted by atomic mass is 32.2. The summed E-state index contributed by atoms with van der Waals surface area (Å²) in [4.78, 5) is 27.8. The maximum absolute atomic E-state index is 14.0. The van der Waals surface area contributed by atoms with E-state index in [1.165, 1.54) is 22.7 Å². The fourth-order valence-electron chi connectivity index (χ4n) is 2.38. The topological polar surface area (TPSA) is 52.7 Å². The Labute approximate surface area is 140 Å². The molecule has 0 bridgehead atoms. The highest BCUT2D eigenvalue weighted by molar-refractivity contribution is 8.01. The number of halogens is 1. The Balaban J connectivity index is 2.06. The van der Waals surface area contributed by atoms with Gasteiger partial charge in [0.2, 0.25) is 11.8 Å².